The fourth-order valence-electron chi connectivity index (χ4n) is 2.37. The highest BCUT2D eigenvalue weighted by Crippen LogP contribution is 2.12. The Balaban J connectivity index is 1.97. The van der Waals surface area contributed by atoms with Crippen LogP contribution in [0.25, 0.3) is 0 Å². The van der Waals surface area contributed by atoms with Gasteiger partial charge in [-0.05, 0) is 26.8 Å². The summed E-state index contributed by atoms with van der Waals surface area (Å²) in [6.07, 6.45) is 2.90. The van der Waals surface area contributed by atoms with Gasteiger partial charge in [-0.2, -0.15) is 5.10 Å². The Labute approximate surface area is 119 Å². The molecule has 0 radical (unpaired) electrons. The molecule has 1 atom stereocenters. The molecule has 0 spiro atoms. The van der Waals surface area contributed by atoms with Gasteiger partial charge in [-0.1, -0.05) is 0 Å². The molecule has 0 aliphatic carbocycles. The van der Waals surface area contributed by atoms with Crippen LogP contribution in [0.5, 0.6) is 0 Å². The van der Waals surface area contributed by atoms with Crippen LogP contribution in [0.4, 0.5) is 5.69 Å². The molecule has 1 aromatic heterocycles. The van der Waals surface area contributed by atoms with E-state index in [0.717, 1.165) is 38.3 Å². The molecule has 6 nitrogen and oxygen atoms in total. The van der Waals surface area contributed by atoms with Crippen molar-refractivity contribution in [3.63, 3.8) is 0 Å². The van der Waals surface area contributed by atoms with Gasteiger partial charge in [0.15, 0.2) is 0 Å². The monoisotopic (exact) mass is 280 g/mol. The predicted octanol–water partition coefficient (Wildman–Crippen LogP) is 0.156. The molecular weight excluding hydrogens is 256 g/mol. The molecule has 2 rings (SSSR count). The Morgan fingerprint density at radius 1 is 1.35 bits per heavy atom. The lowest BCUT2D eigenvalue weighted by atomic mass is 10.2. The van der Waals surface area contributed by atoms with E-state index in [1.54, 1.807) is 19.2 Å². The Morgan fingerprint density at radius 2 is 2.05 bits per heavy atom. The van der Waals surface area contributed by atoms with Crippen LogP contribution in [0.3, 0.4) is 0 Å². The van der Waals surface area contributed by atoms with Crippen LogP contribution in [0.2, 0.25) is 0 Å². The molecule has 1 aromatic rings. The van der Waals surface area contributed by atoms with Crippen LogP contribution < -0.4 is 10.5 Å². The third-order valence-electron chi connectivity index (χ3n) is 3.72. The first-order valence-electron chi connectivity index (χ1n) is 7.25. The smallest absolute Gasteiger partial charge is 0.268 e. The van der Waals surface area contributed by atoms with Gasteiger partial charge in [0.05, 0.1) is 18.0 Å². The SMILES string of the molecule is CC(O)CCCn1ncc(N2CCN(C)CC2)cc1=O. The van der Waals surface area contributed by atoms with E-state index in [2.05, 4.69) is 21.9 Å². The van der Waals surface area contributed by atoms with E-state index in [4.69, 9.17) is 0 Å². The van der Waals surface area contributed by atoms with E-state index in [0.29, 0.717) is 13.0 Å². The zero-order valence-corrected chi connectivity index (χ0v) is 12.3. The third-order valence-corrected chi connectivity index (χ3v) is 3.72. The average molecular weight is 280 g/mol. The van der Waals surface area contributed by atoms with Crippen LogP contribution in [0, 0.1) is 0 Å². The molecule has 0 aromatic carbocycles. The molecule has 1 saturated heterocycles. The van der Waals surface area contributed by atoms with Crippen LogP contribution in [-0.2, 0) is 6.54 Å². The van der Waals surface area contributed by atoms with Crippen LogP contribution in [-0.4, -0.2) is 59.1 Å². The van der Waals surface area contributed by atoms with Crippen molar-refractivity contribution in [3.8, 4) is 0 Å². The van der Waals surface area contributed by atoms with Gasteiger partial charge < -0.3 is 14.9 Å². The summed E-state index contributed by atoms with van der Waals surface area (Å²) in [5, 5.41) is 13.5. The molecule has 1 aliphatic rings. The Bertz CT molecular complexity index is 478. The molecule has 2 heterocycles. The van der Waals surface area contributed by atoms with E-state index in [9.17, 15) is 9.90 Å². The molecule has 1 aliphatic heterocycles. The summed E-state index contributed by atoms with van der Waals surface area (Å²) in [6, 6.07) is 1.67. The molecule has 0 amide bonds. The van der Waals surface area contributed by atoms with Gasteiger partial charge in [0.1, 0.15) is 0 Å². The maximum atomic E-state index is 12.0. The summed E-state index contributed by atoms with van der Waals surface area (Å²) >= 11 is 0. The van der Waals surface area contributed by atoms with Crippen molar-refractivity contribution >= 4 is 5.69 Å². The summed E-state index contributed by atoms with van der Waals surface area (Å²) in [7, 11) is 2.11. The number of aliphatic hydroxyl groups is 1. The predicted molar refractivity (Wildman–Crippen MR) is 79.1 cm³/mol. The van der Waals surface area contributed by atoms with E-state index in [1.165, 1.54) is 4.68 Å². The maximum Gasteiger partial charge on any atom is 0.268 e. The van der Waals surface area contributed by atoms with Gasteiger partial charge in [-0.15, -0.1) is 0 Å². The molecule has 112 valence electrons. The Morgan fingerprint density at radius 3 is 2.65 bits per heavy atom. The van der Waals surface area contributed by atoms with Gasteiger partial charge in [0, 0.05) is 38.8 Å². The second-order valence-electron chi connectivity index (χ2n) is 5.56. The molecule has 6 heteroatoms. The average Bonchev–Trinajstić information content (AvgIpc) is 2.41. The van der Waals surface area contributed by atoms with Crippen LogP contribution >= 0.6 is 0 Å². The number of hydrogen-bond donors (Lipinski definition) is 1. The zero-order chi connectivity index (χ0) is 14.5. The lowest BCUT2D eigenvalue weighted by molar-refractivity contribution is 0.178. The fourth-order valence-corrected chi connectivity index (χ4v) is 2.37. The second kappa shape index (κ2) is 6.85. The number of aromatic nitrogens is 2. The number of rotatable bonds is 5. The summed E-state index contributed by atoms with van der Waals surface area (Å²) < 4.78 is 1.47. The molecular formula is C14H24N4O2. The molecule has 1 unspecified atom stereocenters. The highest BCUT2D eigenvalue weighted by Gasteiger charge is 2.15. The minimum atomic E-state index is -0.324. The largest absolute Gasteiger partial charge is 0.393 e. The highest BCUT2D eigenvalue weighted by molar-refractivity contribution is 5.43. The van der Waals surface area contributed by atoms with Crippen molar-refractivity contribution in [2.24, 2.45) is 0 Å². The van der Waals surface area contributed by atoms with E-state index in [-0.39, 0.29) is 11.7 Å². The van der Waals surface area contributed by atoms with Crippen molar-refractivity contribution < 1.29 is 5.11 Å². The van der Waals surface area contributed by atoms with Gasteiger partial charge in [-0.3, -0.25) is 4.79 Å². The first-order valence-corrected chi connectivity index (χ1v) is 7.25. The van der Waals surface area contributed by atoms with Gasteiger partial charge in [0.2, 0.25) is 0 Å². The highest BCUT2D eigenvalue weighted by atomic mass is 16.3. The Kier molecular flexibility index (Phi) is 5.14. The van der Waals surface area contributed by atoms with Crippen molar-refractivity contribution in [1.29, 1.82) is 0 Å². The quantitative estimate of drug-likeness (QED) is 0.832. The van der Waals surface area contributed by atoms with Crippen molar-refractivity contribution in [2.75, 3.05) is 38.1 Å². The number of aliphatic hydroxyl groups excluding tert-OH is 1. The molecule has 1 fully saturated rings. The summed E-state index contributed by atoms with van der Waals surface area (Å²) in [6.45, 7) is 6.21. The number of nitrogens with zero attached hydrogens (tertiary/aromatic N) is 4. The zero-order valence-electron chi connectivity index (χ0n) is 12.3. The van der Waals surface area contributed by atoms with Crippen molar-refractivity contribution in [1.82, 2.24) is 14.7 Å². The summed E-state index contributed by atoms with van der Waals surface area (Å²) in [5.74, 6) is 0. The number of anilines is 1. The minimum Gasteiger partial charge on any atom is -0.393 e. The van der Waals surface area contributed by atoms with Crippen molar-refractivity contribution in [3.05, 3.63) is 22.6 Å². The lowest BCUT2D eigenvalue weighted by Gasteiger charge is -2.33. The molecule has 20 heavy (non-hydrogen) atoms. The number of piperazine rings is 1. The summed E-state index contributed by atoms with van der Waals surface area (Å²) in [4.78, 5) is 16.5. The van der Waals surface area contributed by atoms with Crippen molar-refractivity contribution in [2.45, 2.75) is 32.4 Å². The summed E-state index contributed by atoms with van der Waals surface area (Å²) in [5.41, 5.74) is 0.849. The number of likely N-dealkylation sites (N-methyl/N-ethyl adjacent to an activating group) is 1. The first-order chi connectivity index (χ1) is 9.56. The molecule has 1 N–H and O–H groups in total. The molecule has 0 bridgehead atoms. The fraction of sp³-hybridized carbons (Fsp3) is 0.714. The third kappa shape index (κ3) is 4.05. The van der Waals surface area contributed by atoms with Gasteiger partial charge in [-0.25, -0.2) is 4.68 Å². The maximum absolute atomic E-state index is 12.0. The van der Waals surface area contributed by atoms with Crippen LogP contribution in [0.1, 0.15) is 19.8 Å². The minimum absolute atomic E-state index is 0.0629. The van der Waals surface area contributed by atoms with Gasteiger partial charge in [0.25, 0.3) is 5.56 Å². The topological polar surface area (TPSA) is 61.6 Å². The van der Waals surface area contributed by atoms with E-state index >= 15 is 0 Å². The first kappa shape index (κ1) is 15.0. The molecule has 0 saturated carbocycles. The van der Waals surface area contributed by atoms with E-state index in [1.807, 2.05) is 0 Å². The number of hydrogen-bond acceptors (Lipinski definition) is 5. The normalized spacial score (nSPS) is 18.2. The standard InChI is InChI=1S/C14H24N4O2/c1-12(19)4-3-5-18-14(20)10-13(11-15-18)17-8-6-16(2)7-9-17/h10-12,19H,3-9H2,1-2H3. The Hall–Kier alpha value is -1.40. The lowest BCUT2D eigenvalue weighted by Crippen LogP contribution is -2.45. The number of aryl methyl sites for hydroxylation is 1. The van der Waals surface area contributed by atoms with Gasteiger partial charge >= 0.3 is 0 Å². The van der Waals surface area contributed by atoms with Crippen LogP contribution in [0.15, 0.2) is 17.1 Å². The van der Waals surface area contributed by atoms with E-state index < -0.39 is 0 Å². The second-order valence-corrected chi connectivity index (χ2v) is 5.56.